The minimum atomic E-state index is -0.376. The third-order valence-corrected chi connectivity index (χ3v) is 4.91. The summed E-state index contributed by atoms with van der Waals surface area (Å²) in [6, 6.07) is 7.56. The Balaban J connectivity index is 1.41. The van der Waals surface area contributed by atoms with Crippen LogP contribution < -0.4 is 5.32 Å². The number of rotatable bonds is 5. The lowest BCUT2D eigenvalue weighted by molar-refractivity contribution is -0.129. The molecule has 150 valence electrons. The van der Waals surface area contributed by atoms with E-state index >= 15 is 0 Å². The highest BCUT2D eigenvalue weighted by Crippen LogP contribution is 2.24. The molecule has 3 aromatic rings. The van der Waals surface area contributed by atoms with Crippen molar-refractivity contribution in [3.63, 3.8) is 0 Å². The van der Waals surface area contributed by atoms with Crippen molar-refractivity contribution in [2.24, 2.45) is 0 Å². The van der Waals surface area contributed by atoms with Gasteiger partial charge in [-0.25, -0.2) is 9.67 Å². The first-order valence-electron chi connectivity index (χ1n) is 9.58. The van der Waals surface area contributed by atoms with Gasteiger partial charge in [0.15, 0.2) is 5.69 Å². The van der Waals surface area contributed by atoms with E-state index in [2.05, 4.69) is 26.4 Å². The predicted octanol–water partition coefficient (Wildman–Crippen LogP) is 1.82. The van der Waals surface area contributed by atoms with Crippen LogP contribution in [0.2, 0.25) is 0 Å². The number of nitrogens with zero attached hydrogens (tertiary/aromatic N) is 6. The summed E-state index contributed by atoms with van der Waals surface area (Å²) in [5.41, 5.74) is 2.77. The van der Waals surface area contributed by atoms with Crippen LogP contribution in [0.25, 0.3) is 11.3 Å². The van der Waals surface area contributed by atoms with Crippen molar-refractivity contribution in [2.45, 2.75) is 32.4 Å². The summed E-state index contributed by atoms with van der Waals surface area (Å²) in [6.45, 7) is 1.06. The van der Waals surface area contributed by atoms with E-state index in [4.69, 9.17) is 4.98 Å². The molecule has 0 radical (unpaired) electrons. The molecule has 0 spiro atoms. The van der Waals surface area contributed by atoms with Crippen molar-refractivity contribution in [3.05, 3.63) is 48.2 Å². The van der Waals surface area contributed by atoms with E-state index in [1.807, 2.05) is 24.3 Å². The topological polar surface area (TPSA) is 97.9 Å². The number of amides is 2. The summed E-state index contributed by atoms with van der Waals surface area (Å²) >= 11 is 0. The lowest BCUT2D eigenvalue weighted by Gasteiger charge is -2.11. The molecule has 1 aliphatic rings. The van der Waals surface area contributed by atoms with Gasteiger partial charge in [-0.3, -0.25) is 9.59 Å². The zero-order valence-electron chi connectivity index (χ0n) is 16.5. The maximum Gasteiger partial charge on any atom is 0.277 e. The predicted molar refractivity (Wildman–Crippen MR) is 107 cm³/mol. The molecule has 0 bridgehead atoms. The lowest BCUT2D eigenvalue weighted by Crippen LogP contribution is -2.26. The fourth-order valence-electron chi connectivity index (χ4n) is 3.23. The molecule has 3 heterocycles. The summed E-state index contributed by atoms with van der Waals surface area (Å²) < 4.78 is 3.57. The van der Waals surface area contributed by atoms with E-state index < -0.39 is 0 Å². The Morgan fingerprint density at radius 3 is 2.66 bits per heavy atom. The van der Waals surface area contributed by atoms with E-state index in [1.165, 1.54) is 28.6 Å². The first-order valence-corrected chi connectivity index (χ1v) is 9.58. The Labute approximate surface area is 168 Å². The van der Waals surface area contributed by atoms with Crippen molar-refractivity contribution in [3.8, 4) is 11.3 Å². The number of aryl methyl sites for hydroxylation is 2. The standard InChI is InChI=1S/C20H23N7O2/c1-25(2)19(28)13-27-12-17(23-24-27)20(29)21-15-8-6-14(7-9-15)16-11-26-10-4-3-5-18(26)22-16/h6-9,11-12H,3-5,10,13H2,1-2H3,(H,21,29). The summed E-state index contributed by atoms with van der Waals surface area (Å²) in [6.07, 6.45) is 6.96. The molecule has 0 saturated carbocycles. The Morgan fingerprint density at radius 1 is 1.14 bits per heavy atom. The molecule has 1 aliphatic heterocycles. The molecule has 4 rings (SSSR count). The Hall–Kier alpha value is -3.49. The number of anilines is 1. The second-order valence-electron chi connectivity index (χ2n) is 7.31. The van der Waals surface area contributed by atoms with Gasteiger partial charge in [-0.2, -0.15) is 0 Å². The average Bonchev–Trinajstić information content (AvgIpc) is 3.35. The van der Waals surface area contributed by atoms with Gasteiger partial charge in [0.25, 0.3) is 5.91 Å². The highest BCUT2D eigenvalue weighted by molar-refractivity contribution is 6.02. The van der Waals surface area contributed by atoms with Gasteiger partial charge >= 0.3 is 0 Å². The molecule has 2 aromatic heterocycles. The molecular weight excluding hydrogens is 370 g/mol. The van der Waals surface area contributed by atoms with Crippen LogP contribution in [0.5, 0.6) is 0 Å². The Kier molecular flexibility index (Phi) is 5.11. The Bertz CT molecular complexity index is 1010. The monoisotopic (exact) mass is 393 g/mol. The number of carbonyl (C=O) groups excluding carboxylic acids is 2. The second kappa shape index (κ2) is 7.86. The lowest BCUT2D eigenvalue weighted by atomic mass is 10.1. The molecule has 0 atom stereocenters. The van der Waals surface area contributed by atoms with Gasteiger partial charge in [-0.1, -0.05) is 17.3 Å². The first-order chi connectivity index (χ1) is 14.0. The average molecular weight is 393 g/mol. The van der Waals surface area contributed by atoms with Gasteiger partial charge in [-0.05, 0) is 25.0 Å². The molecule has 1 aromatic carbocycles. The van der Waals surface area contributed by atoms with E-state index in [0.29, 0.717) is 5.69 Å². The fraction of sp³-hybridized carbons (Fsp3) is 0.350. The highest BCUT2D eigenvalue weighted by atomic mass is 16.2. The summed E-state index contributed by atoms with van der Waals surface area (Å²) in [7, 11) is 3.32. The molecule has 9 heteroatoms. The van der Waals surface area contributed by atoms with Crippen LogP contribution in [0.1, 0.15) is 29.2 Å². The third-order valence-electron chi connectivity index (χ3n) is 4.91. The molecular formula is C20H23N7O2. The molecule has 0 unspecified atom stereocenters. The molecule has 0 fully saturated rings. The van der Waals surface area contributed by atoms with E-state index in [1.54, 1.807) is 14.1 Å². The zero-order valence-corrected chi connectivity index (χ0v) is 16.5. The number of imidazole rings is 1. The second-order valence-corrected chi connectivity index (χ2v) is 7.31. The van der Waals surface area contributed by atoms with Gasteiger partial charge in [0.2, 0.25) is 5.91 Å². The van der Waals surface area contributed by atoms with Gasteiger partial charge in [0.1, 0.15) is 12.4 Å². The van der Waals surface area contributed by atoms with Crippen molar-refractivity contribution in [1.82, 2.24) is 29.4 Å². The number of hydrogen-bond acceptors (Lipinski definition) is 5. The molecule has 9 nitrogen and oxygen atoms in total. The number of nitrogens with one attached hydrogen (secondary N) is 1. The SMILES string of the molecule is CN(C)C(=O)Cn1cc(C(=O)Nc2ccc(-c3cn4c(n3)CCCC4)cc2)nn1. The van der Waals surface area contributed by atoms with Gasteiger partial charge in [-0.15, -0.1) is 5.10 Å². The molecule has 0 aliphatic carbocycles. The minimum Gasteiger partial charge on any atom is -0.347 e. The summed E-state index contributed by atoms with van der Waals surface area (Å²) in [5, 5.41) is 10.5. The smallest absolute Gasteiger partial charge is 0.277 e. The number of carbonyl (C=O) groups is 2. The number of hydrogen-bond donors (Lipinski definition) is 1. The maximum atomic E-state index is 12.4. The minimum absolute atomic E-state index is 0.0383. The zero-order chi connectivity index (χ0) is 20.4. The number of aromatic nitrogens is 5. The fourth-order valence-corrected chi connectivity index (χ4v) is 3.23. The van der Waals surface area contributed by atoms with Crippen LogP contribution in [-0.4, -0.2) is 55.4 Å². The number of benzene rings is 1. The van der Waals surface area contributed by atoms with Crippen molar-refractivity contribution in [1.29, 1.82) is 0 Å². The van der Waals surface area contributed by atoms with Crippen LogP contribution in [0, 0.1) is 0 Å². The molecule has 29 heavy (non-hydrogen) atoms. The van der Waals surface area contributed by atoms with Crippen LogP contribution in [0.4, 0.5) is 5.69 Å². The van der Waals surface area contributed by atoms with Crippen LogP contribution in [-0.2, 0) is 24.3 Å². The van der Waals surface area contributed by atoms with E-state index in [-0.39, 0.29) is 24.1 Å². The highest BCUT2D eigenvalue weighted by Gasteiger charge is 2.15. The summed E-state index contributed by atoms with van der Waals surface area (Å²) in [5.74, 6) is 0.636. The van der Waals surface area contributed by atoms with E-state index in [9.17, 15) is 9.59 Å². The molecule has 2 amide bonds. The molecule has 0 saturated heterocycles. The number of fused-ring (bicyclic) bond motifs is 1. The van der Waals surface area contributed by atoms with Crippen molar-refractivity contribution in [2.75, 3.05) is 19.4 Å². The van der Waals surface area contributed by atoms with Gasteiger partial charge < -0.3 is 14.8 Å². The third kappa shape index (κ3) is 4.18. The van der Waals surface area contributed by atoms with Gasteiger partial charge in [0, 0.05) is 44.5 Å². The quantitative estimate of drug-likeness (QED) is 0.713. The van der Waals surface area contributed by atoms with Crippen LogP contribution in [0.3, 0.4) is 0 Å². The Morgan fingerprint density at radius 2 is 1.93 bits per heavy atom. The van der Waals surface area contributed by atoms with Crippen LogP contribution in [0.15, 0.2) is 36.7 Å². The van der Waals surface area contributed by atoms with Crippen molar-refractivity contribution >= 4 is 17.5 Å². The maximum absolute atomic E-state index is 12.4. The number of likely N-dealkylation sites (N-methyl/N-ethyl adjacent to an activating group) is 1. The first kappa shape index (κ1) is 18.9. The van der Waals surface area contributed by atoms with Gasteiger partial charge in [0.05, 0.1) is 11.9 Å². The normalized spacial score (nSPS) is 13.0. The van der Waals surface area contributed by atoms with Crippen LogP contribution >= 0.6 is 0 Å². The summed E-state index contributed by atoms with van der Waals surface area (Å²) in [4.78, 5) is 30.3. The van der Waals surface area contributed by atoms with E-state index in [0.717, 1.165) is 30.0 Å². The largest absolute Gasteiger partial charge is 0.347 e. The van der Waals surface area contributed by atoms with Crippen molar-refractivity contribution < 1.29 is 9.59 Å². The molecule has 1 N–H and O–H groups in total.